The zero-order valence-corrected chi connectivity index (χ0v) is 21.8. The van der Waals surface area contributed by atoms with Crippen molar-refractivity contribution in [2.24, 2.45) is 5.10 Å². The molecule has 0 radical (unpaired) electrons. The summed E-state index contributed by atoms with van der Waals surface area (Å²) in [6, 6.07) is 14.9. The van der Waals surface area contributed by atoms with Crippen molar-refractivity contribution >= 4 is 29.7 Å². The third-order valence-electron chi connectivity index (χ3n) is 6.49. The Morgan fingerprint density at radius 2 is 1.65 bits per heavy atom. The molecule has 210 valence electrons. The number of benzene rings is 2. The molecule has 2 aromatic carbocycles. The number of halogens is 4. The average molecular weight is 559 g/mol. The van der Waals surface area contributed by atoms with Gasteiger partial charge in [-0.2, -0.15) is 22.7 Å². The Balaban J connectivity index is 0.000000470. The number of hydrogen-bond acceptors (Lipinski definition) is 7. The molecule has 0 unspecified atom stereocenters. The first-order valence-corrected chi connectivity index (χ1v) is 12.0. The number of carbonyl (C=O) groups excluding carboxylic acids is 1. The van der Waals surface area contributed by atoms with E-state index >= 15 is 0 Å². The molecule has 13 heteroatoms. The van der Waals surface area contributed by atoms with Crippen molar-refractivity contribution in [3.05, 3.63) is 65.6 Å². The maximum absolute atomic E-state index is 14.8. The number of likely N-dealkylation sites (N-methyl/N-ethyl adjacent to an activating group) is 1. The van der Waals surface area contributed by atoms with Crippen molar-refractivity contribution in [2.75, 3.05) is 30.8 Å². The number of nitrogens with one attached hydrogen (secondary N) is 1. The SMILES string of the molecule is CN1CCN(c2ccc(-c3cc(-c4ccc5c(c4)C(C)(C)NC5=O)c(N)nc3F)cc2)C=N1.O=C(O)C(F)(F)F. The lowest BCUT2D eigenvalue weighted by Gasteiger charge is -2.27. The first-order chi connectivity index (χ1) is 18.7. The molecule has 0 bridgehead atoms. The lowest BCUT2D eigenvalue weighted by molar-refractivity contribution is -0.192. The number of nitrogens with zero attached hydrogens (tertiary/aromatic N) is 4. The number of pyridine rings is 1. The smallest absolute Gasteiger partial charge is 0.475 e. The fourth-order valence-electron chi connectivity index (χ4n) is 4.33. The second-order valence-electron chi connectivity index (χ2n) is 9.75. The van der Waals surface area contributed by atoms with Crippen LogP contribution in [0.4, 0.5) is 29.1 Å². The Bertz CT molecular complexity index is 1490. The summed E-state index contributed by atoms with van der Waals surface area (Å²) in [5.74, 6) is -3.37. The molecule has 4 N–H and O–H groups in total. The lowest BCUT2D eigenvalue weighted by atomic mass is 9.90. The number of carboxylic acid groups (broad SMARTS) is 1. The standard InChI is InChI=1S/C25H25FN6O.C2HF3O2/c1-25(2)21-12-16(6-9-18(21)24(33)30-25)20-13-19(22(26)29-23(20)27)15-4-7-17(8-5-15)32-11-10-31(3)28-14-32;3-2(4,5)1(6)7/h4-9,12-14H,10-11H2,1-3H3,(H2,27,29)(H,30,33);(H,6,7). The number of hydrogen-bond donors (Lipinski definition) is 3. The van der Waals surface area contributed by atoms with E-state index in [1.165, 1.54) is 0 Å². The number of anilines is 2. The van der Waals surface area contributed by atoms with Crippen molar-refractivity contribution in [3.8, 4) is 22.3 Å². The van der Waals surface area contributed by atoms with E-state index < -0.39 is 23.6 Å². The fourth-order valence-corrected chi connectivity index (χ4v) is 4.33. The number of fused-ring (bicyclic) bond motifs is 1. The zero-order chi connectivity index (χ0) is 29.4. The maximum atomic E-state index is 14.8. The minimum atomic E-state index is -5.08. The molecule has 0 fully saturated rings. The van der Waals surface area contributed by atoms with E-state index in [-0.39, 0.29) is 11.7 Å². The van der Waals surface area contributed by atoms with Gasteiger partial charge in [0.2, 0.25) is 5.95 Å². The number of rotatable bonds is 3. The maximum Gasteiger partial charge on any atom is 0.490 e. The topological polar surface area (TPSA) is 124 Å². The Morgan fingerprint density at radius 3 is 2.23 bits per heavy atom. The second kappa shape index (κ2) is 10.5. The van der Waals surface area contributed by atoms with Gasteiger partial charge in [0.15, 0.2) is 0 Å². The molecule has 2 aliphatic heterocycles. The molecule has 2 aliphatic rings. The summed E-state index contributed by atoms with van der Waals surface area (Å²) in [4.78, 5) is 27.2. The Labute approximate surface area is 226 Å². The van der Waals surface area contributed by atoms with Crippen molar-refractivity contribution in [1.82, 2.24) is 15.3 Å². The highest BCUT2D eigenvalue weighted by molar-refractivity contribution is 6.00. The van der Waals surface area contributed by atoms with Crippen LogP contribution in [0.25, 0.3) is 22.3 Å². The van der Waals surface area contributed by atoms with Gasteiger partial charge in [0.05, 0.1) is 12.1 Å². The van der Waals surface area contributed by atoms with Gasteiger partial charge >= 0.3 is 12.1 Å². The van der Waals surface area contributed by atoms with Gasteiger partial charge in [0.1, 0.15) is 12.2 Å². The van der Waals surface area contributed by atoms with Gasteiger partial charge in [-0.05, 0) is 60.9 Å². The van der Waals surface area contributed by atoms with Gasteiger partial charge < -0.3 is 21.1 Å². The van der Waals surface area contributed by atoms with Crippen LogP contribution in [0.15, 0.2) is 53.6 Å². The van der Waals surface area contributed by atoms with Crippen molar-refractivity contribution in [2.45, 2.75) is 25.6 Å². The van der Waals surface area contributed by atoms with Gasteiger partial charge in [0.25, 0.3) is 5.91 Å². The lowest BCUT2D eigenvalue weighted by Crippen LogP contribution is -2.35. The number of carboxylic acids is 1. The first kappa shape index (κ1) is 28.3. The van der Waals surface area contributed by atoms with Crippen molar-refractivity contribution in [1.29, 1.82) is 0 Å². The normalized spacial score (nSPS) is 15.7. The number of nitrogen functional groups attached to an aromatic ring is 1. The number of aliphatic carboxylic acids is 1. The van der Waals surface area contributed by atoms with Crippen molar-refractivity contribution < 1.29 is 32.3 Å². The molecular formula is C27H26F4N6O3. The van der Waals surface area contributed by atoms with E-state index in [1.54, 1.807) is 18.5 Å². The number of carbonyl (C=O) groups is 2. The predicted octanol–water partition coefficient (Wildman–Crippen LogP) is 4.44. The van der Waals surface area contributed by atoms with Crippen LogP contribution in [0, 0.1) is 5.95 Å². The van der Waals surface area contributed by atoms with Crippen LogP contribution in [-0.4, -0.2) is 59.6 Å². The van der Waals surface area contributed by atoms with Gasteiger partial charge in [0, 0.05) is 36.0 Å². The highest BCUT2D eigenvalue weighted by Gasteiger charge is 2.38. The summed E-state index contributed by atoms with van der Waals surface area (Å²) in [7, 11) is 1.93. The van der Waals surface area contributed by atoms with Crippen LogP contribution in [-0.2, 0) is 10.3 Å². The molecule has 0 spiro atoms. The zero-order valence-electron chi connectivity index (χ0n) is 21.8. The first-order valence-electron chi connectivity index (χ1n) is 12.0. The quantitative estimate of drug-likeness (QED) is 0.321. The summed E-state index contributed by atoms with van der Waals surface area (Å²) in [5, 5.41) is 16.3. The molecule has 1 amide bonds. The molecule has 5 rings (SSSR count). The molecule has 0 atom stereocenters. The monoisotopic (exact) mass is 558 g/mol. The molecule has 0 aliphatic carbocycles. The van der Waals surface area contributed by atoms with E-state index in [2.05, 4.69) is 20.3 Å². The predicted molar refractivity (Wildman–Crippen MR) is 142 cm³/mol. The van der Waals surface area contributed by atoms with Crippen LogP contribution >= 0.6 is 0 Å². The minimum absolute atomic E-state index is 0.0991. The Hall–Kier alpha value is -4.68. The van der Waals surface area contributed by atoms with Crippen LogP contribution < -0.4 is 16.0 Å². The Kier molecular flexibility index (Phi) is 7.42. The van der Waals surface area contributed by atoms with E-state index in [0.717, 1.165) is 29.9 Å². The molecule has 0 saturated heterocycles. The molecule has 3 aromatic rings. The molecule has 3 heterocycles. The van der Waals surface area contributed by atoms with Gasteiger partial charge in [-0.1, -0.05) is 18.2 Å². The number of aromatic nitrogens is 1. The summed E-state index contributed by atoms with van der Waals surface area (Å²) in [5.41, 5.74) is 10.6. The molecule has 9 nitrogen and oxygen atoms in total. The molecule has 1 aromatic heterocycles. The van der Waals surface area contributed by atoms with Crippen LogP contribution in [0.2, 0.25) is 0 Å². The highest BCUT2D eigenvalue weighted by Crippen LogP contribution is 2.37. The van der Waals surface area contributed by atoms with E-state index in [9.17, 15) is 22.4 Å². The third kappa shape index (κ3) is 5.82. The number of nitrogens with two attached hydrogens (primary N) is 1. The third-order valence-corrected chi connectivity index (χ3v) is 6.49. The summed E-state index contributed by atoms with van der Waals surface area (Å²) in [6.45, 7) is 5.56. The largest absolute Gasteiger partial charge is 0.490 e. The second-order valence-corrected chi connectivity index (χ2v) is 9.75. The fraction of sp³-hybridized carbons (Fsp3) is 0.259. The number of hydrazone groups is 1. The van der Waals surface area contributed by atoms with Crippen molar-refractivity contribution in [3.63, 3.8) is 0 Å². The molecule has 0 saturated carbocycles. The van der Waals surface area contributed by atoms with Gasteiger partial charge in [-0.25, -0.2) is 9.78 Å². The average Bonchev–Trinajstić information content (AvgIpc) is 3.12. The summed E-state index contributed by atoms with van der Waals surface area (Å²) < 4.78 is 46.6. The van der Waals surface area contributed by atoms with Crippen LogP contribution in [0.5, 0.6) is 0 Å². The van der Waals surface area contributed by atoms with E-state index in [0.29, 0.717) is 22.3 Å². The highest BCUT2D eigenvalue weighted by atomic mass is 19.4. The van der Waals surface area contributed by atoms with Crippen LogP contribution in [0.3, 0.4) is 0 Å². The minimum Gasteiger partial charge on any atom is -0.475 e. The van der Waals surface area contributed by atoms with Crippen LogP contribution in [0.1, 0.15) is 29.8 Å². The molecular weight excluding hydrogens is 532 g/mol. The Morgan fingerprint density at radius 1 is 1.02 bits per heavy atom. The molecule has 40 heavy (non-hydrogen) atoms. The summed E-state index contributed by atoms with van der Waals surface area (Å²) >= 11 is 0. The van der Waals surface area contributed by atoms with E-state index in [1.807, 2.05) is 62.3 Å². The van der Waals surface area contributed by atoms with E-state index in [4.69, 9.17) is 15.6 Å². The summed E-state index contributed by atoms with van der Waals surface area (Å²) in [6.07, 6.45) is -3.29. The number of amides is 1. The van der Waals surface area contributed by atoms with Gasteiger partial charge in [-0.15, -0.1) is 0 Å². The number of alkyl halides is 3. The van der Waals surface area contributed by atoms with Gasteiger partial charge in [-0.3, -0.25) is 9.80 Å².